The molecule has 0 bridgehead atoms. The summed E-state index contributed by atoms with van der Waals surface area (Å²) in [5.41, 5.74) is 9.68. The van der Waals surface area contributed by atoms with Crippen LogP contribution in [0.1, 0.15) is 36.5 Å². The molecular formula is C17H26N2O. The number of hydrogen-bond donors (Lipinski definition) is 1. The van der Waals surface area contributed by atoms with Crippen molar-refractivity contribution in [2.45, 2.75) is 40.0 Å². The predicted molar refractivity (Wildman–Crippen MR) is 82.6 cm³/mol. The van der Waals surface area contributed by atoms with Crippen molar-refractivity contribution in [2.24, 2.45) is 11.1 Å². The zero-order valence-electron chi connectivity index (χ0n) is 12.9. The predicted octanol–water partition coefficient (Wildman–Crippen LogP) is 2.43. The summed E-state index contributed by atoms with van der Waals surface area (Å²) in [6.07, 6.45) is 2.55. The molecule has 1 aliphatic rings. The van der Waals surface area contributed by atoms with E-state index in [4.69, 9.17) is 5.73 Å². The van der Waals surface area contributed by atoms with Gasteiger partial charge in [0.05, 0.1) is 6.42 Å². The quantitative estimate of drug-likeness (QED) is 0.920. The van der Waals surface area contributed by atoms with Crippen molar-refractivity contribution in [2.75, 3.05) is 19.6 Å². The Morgan fingerprint density at radius 1 is 1.25 bits per heavy atom. The van der Waals surface area contributed by atoms with Crippen molar-refractivity contribution < 1.29 is 4.79 Å². The zero-order valence-corrected chi connectivity index (χ0v) is 12.9. The standard InChI is InChI=1S/C17H26N2O/c1-13-4-5-15(10-14(13)2)11-16(20)19-8-6-17(3,12-18)7-9-19/h4-5,10H,6-9,11-12,18H2,1-3H3. The molecule has 3 nitrogen and oxygen atoms in total. The molecule has 2 N–H and O–H groups in total. The Morgan fingerprint density at radius 2 is 1.90 bits per heavy atom. The maximum Gasteiger partial charge on any atom is 0.226 e. The molecule has 0 saturated carbocycles. The van der Waals surface area contributed by atoms with Crippen LogP contribution in [0.3, 0.4) is 0 Å². The van der Waals surface area contributed by atoms with Gasteiger partial charge in [0, 0.05) is 13.1 Å². The number of likely N-dealkylation sites (tertiary alicyclic amines) is 1. The number of aryl methyl sites for hydroxylation is 2. The summed E-state index contributed by atoms with van der Waals surface area (Å²) in [6, 6.07) is 6.29. The lowest BCUT2D eigenvalue weighted by molar-refractivity contribution is -0.132. The summed E-state index contributed by atoms with van der Waals surface area (Å²) in [6.45, 7) is 8.81. The normalized spacial score (nSPS) is 18.1. The van der Waals surface area contributed by atoms with Gasteiger partial charge in [-0.3, -0.25) is 4.79 Å². The summed E-state index contributed by atoms with van der Waals surface area (Å²) in [5.74, 6) is 0.243. The Bertz CT molecular complexity index is 488. The first-order chi connectivity index (χ1) is 9.43. The fraction of sp³-hybridized carbons (Fsp3) is 0.588. The Balaban J connectivity index is 1.94. The monoisotopic (exact) mass is 274 g/mol. The number of benzene rings is 1. The highest BCUT2D eigenvalue weighted by molar-refractivity contribution is 5.79. The molecule has 2 rings (SSSR count). The molecule has 3 heteroatoms. The minimum atomic E-state index is 0.219. The summed E-state index contributed by atoms with van der Waals surface area (Å²) in [4.78, 5) is 14.4. The molecule has 1 aromatic rings. The number of carbonyl (C=O) groups is 1. The molecule has 20 heavy (non-hydrogen) atoms. The second-order valence-corrected chi connectivity index (χ2v) is 6.49. The molecule has 1 heterocycles. The SMILES string of the molecule is Cc1ccc(CC(=O)N2CCC(C)(CN)CC2)cc1C. The van der Waals surface area contributed by atoms with Crippen LogP contribution in [0.2, 0.25) is 0 Å². The maximum absolute atomic E-state index is 12.4. The second-order valence-electron chi connectivity index (χ2n) is 6.49. The summed E-state index contributed by atoms with van der Waals surface area (Å²) >= 11 is 0. The van der Waals surface area contributed by atoms with Crippen LogP contribution < -0.4 is 5.73 Å². The van der Waals surface area contributed by atoms with Crippen molar-refractivity contribution in [1.82, 2.24) is 4.90 Å². The number of nitrogens with zero attached hydrogens (tertiary/aromatic N) is 1. The van der Waals surface area contributed by atoms with Gasteiger partial charge in [0.25, 0.3) is 0 Å². The van der Waals surface area contributed by atoms with Gasteiger partial charge < -0.3 is 10.6 Å². The number of rotatable bonds is 3. The van der Waals surface area contributed by atoms with Crippen molar-refractivity contribution in [3.05, 3.63) is 34.9 Å². The van der Waals surface area contributed by atoms with E-state index in [-0.39, 0.29) is 11.3 Å². The molecule has 0 aromatic heterocycles. The smallest absolute Gasteiger partial charge is 0.226 e. The van der Waals surface area contributed by atoms with E-state index in [2.05, 4.69) is 39.0 Å². The van der Waals surface area contributed by atoms with Crippen molar-refractivity contribution >= 4 is 5.91 Å². The summed E-state index contributed by atoms with van der Waals surface area (Å²) in [5, 5.41) is 0. The number of carbonyl (C=O) groups excluding carboxylic acids is 1. The van der Waals surface area contributed by atoms with Gasteiger partial charge in [0.2, 0.25) is 5.91 Å². The van der Waals surface area contributed by atoms with E-state index in [9.17, 15) is 4.79 Å². The number of hydrogen-bond acceptors (Lipinski definition) is 2. The lowest BCUT2D eigenvalue weighted by Gasteiger charge is -2.38. The van der Waals surface area contributed by atoms with Gasteiger partial charge in [-0.05, 0) is 55.3 Å². The first kappa shape index (κ1) is 15.0. The van der Waals surface area contributed by atoms with E-state index in [1.807, 2.05) is 4.90 Å². The third-order valence-corrected chi connectivity index (χ3v) is 4.74. The van der Waals surface area contributed by atoms with E-state index >= 15 is 0 Å². The number of amides is 1. The first-order valence-corrected chi connectivity index (χ1v) is 7.47. The van der Waals surface area contributed by atoms with E-state index < -0.39 is 0 Å². The van der Waals surface area contributed by atoms with E-state index in [0.717, 1.165) is 31.5 Å². The van der Waals surface area contributed by atoms with Crippen LogP contribution in [-0.4, -0.2) is 30.4 Å². The highest BCUT2D eigenvalue weighted by Crippen LogP contribution is 2.29. The minimum absolute atomic E-state index is 0.219. The average molecular weight is 274 g/mol. The van der Waals surface area contributed by atoms with Crippen LogP contribution in [0.15, 0.2) is 18.2 Å². The molecule has 1 fully saturated rings. The minimum Gasteiger partial charge on any atom is -0.342 e. The summed E-state index contributed by atoms with van der Waals surface area (Å²) < 4.78 is 0. The molecule has 1 saturated heterocycles. The van der Waals surface area contributed by atoms with E-state index in [0.29, 0.717) is 13.0 Å². The van der Waals surface area contributed by atoms with Crippen LogP contribution in [0, 0.1) is 19.3 Å². The molecule has 0 unspecified atom stereocenters. The highest BCUT2D eigenvalue weighted by atomic mass is 16.2. The molecule has 1 aliphatic heterocycles. The average Bonchev–Trinajstić information content (AvgIpc) is 2.43. The van der Waals surface area contributed by atoms with Crippen LogP contribution in [0.5, 0.6) is 0 Å². The Labute approximate surface area is 122 Å². The van der Waals surface area contributed by atoms with Crippen LogP contribution in [0.4, 0.5) is 0 Å². The van der Waals surface area contributed by atoms with Crippen molar-refractivity contribution in [1.29, 1.82) is 0 Å². The second kappa shape index (κ2) is 5.96. The Hall–Kier alpha value is -1.35. The van der Waals surface area contributed by atoms with Gasteiger partial charge in [-0.1, -0.05) is 25.1 Å². The molecule has 1 amide bonds. The van der Waals surface area contributed by atoms with Gasteiger partial charge in [-0.15, -0.1) is 0 Å². The molecular weight excluding hydrogens is 248 g/mol. The fourth-order valence-electron chi connectivity index (χ4n) is 2.70. The lowest BCUT2D eigenvalue weighted by Crippen LogP contribution is -2.45. The lowest BCUT2D eigenvalue weighted by atomic mass is 9.80. The van der Waals surface area contributed by atoms with Gasteiger partial charge in [0.15, 0.2) is 0 Å². The third-order valence-electron chi connectivity index (χ3n) is 4.74. The highest BCUT2D eigenvalue weighted by Gasteiger charge is 2.30. The summed E-state index contributed by atoms with van der Waals surface area (Å²) in [7, 11) is 0. The molecule has 0 spiro atoms. The van der Waals surface area contributed by atoms with Crippen molar-refractivity contribution in [3.63, 3.8) is 0 Å². The topological polar surface area (TPSA) is 46.3 Å². The molecule has 0 aliphatic carbocycles. The molecule has 0 atom stereocenters. The third kappa shape index (κ3) is 3.40. The van der Waals surface area contributed by atoms with Gasteiger partial charge in [-0.2, -0.15) is 0 Å². The molecule has 1 aromatic carbocycles. The zero-order chi connectivity index (χ0) is 14.8. The first-order valence-electron chi connectivity index (χ1n) is 7.47. The largest absolute Gasteiger partial charge is 0.342 e. The van der Waals surface area contributed by atoms with Crippen LogP contribution in [-0.2, 0) is 11.2 Å². The fourth-order valence-corrected chi connectivity index (χ4v) is 2.70. The molecule has 110 valence electrons. The van der Waals surface area contributed by atoms with Crippen LogP contribution in [0.25, 0.3) is 0 Å². The molecule has 0 radical (unpaired) electrons. The maximum atomic E-state index is 12.4. The van der Waals surface area contributed by atoms with Gasteiger partial charge >= 0.3 is 0 Å². The van der Waals surface area contributed by atoms with Gasteiger partial charge in [-0.25, -0.2) is 0 Å². The Kier molecular flexibility index (Phi) is 4.48. The van der Waals surface area contributed by atoms with Gasteiger partial charge in [0.1, 0.15) is 0 Å². The van der Waals surface area contributed by atoms with E-state index in [1.54, 1.807) is 0 Å². The van der Waals surface area contributed by atoms with Crippen molar-refractivity contribution in [3.8, 4) is 0 Å². The number of piperidine rings is 1. The number of nitrogens with two attached hydrogens (primary N) is 1. The van der Waals surface area contributed by atoms with E-state index in [1.165, 1.54) is 11.1 Å². The Morgan fingerprint density at radius 3 is 2.45 bits per heavy atom. The van der Waals surface area contributed by atoms with Crippen LogP contribution >= 0.6 is 0 Å².